The Hall–Kier alpha value is -3.12. The average Bonchev–Trinajstić information content (AvgIpc) is 3.30. The fourth-order valence-corrected chi connectivity index (χ4v) is 3.83. The van der Waals surface area contributed by atoms with Gasteiger partial charge in [0.15, 0.2) is 6.61 Å². The molecule has 0 aliphatic rings. The molecule has 0 bridgehead atoms. The van der Waals surface area contributed by atoms with E-state index in [-0.39, 0.29) is 24.5 Å². The van der Waals surface area contributed by atoms with Crippen molar-refractivity contribution in [2.24, 2.45) is 0 Å². The van der Waals surface area contributed by atoms with E-state index in [1.165, 1.54) is 4.88 Å². The summed E-state index contributed by atoms with van der Waals surface area (Å²) in [6.07, 6.45) is 1.84. The number of hydrogen-bond acceptors (Lipinski definition) is 5. The van der Waals surface area contributed by atoms with E-state index in [0.717, 1.165) is 23.3 Å². The molecule has 1 aromatic heterocycles. The molecule has 3 rings (SSSR count). The summed E-state index contributed by atoms with van der Waals surface area (Å²) < 4.78 is 10.4. The Labute approximate surface area is 180 Å². The van der Waals surface area contributed by atoms with Gasteiger partial charge in [0.25, 0.3) is 5.91 Å². The zero-order chi connectivity index (χ0) is 21.2. The van der Waals surface area contributed by atoms with Gasteiger partial charge in [-0.1, -0.05) is 48.5 Å². The van der Waals surface area contributed by atoms with Crippen LogP contribution < -0.4 is 10.1 Å². The number of hydrogen-bond donors (Lipinski definition) is 1. The van der Waals surface area contributed by atoms with Gasteiger partial charge in [-0.05, 0) is 47.5 Å². The van der Waals surface area contributed by atoms with Crippen LogP contribution in [0.3, 0.4) is 0 Å². The number of thiophene rings is 1. The van der Waals surface area contributed by atoms with Gasteiger partial charge >= 0.3 is 5.97 Å². The van der Waals surface area contributed by atoms with E-state index in [4.69, 9.17) is 9.47 Å². The van der Waals surface area contributed by atoms with E-state index < -0.39 is 0 Å². The van der Waals surface area contributed by atoms with Gasteiger partial charge < -0.3 is 14.8 Å². The van der Waals surface area contributed by atoms with Gasteiger partial charge in [-0.3, -0.25) is 9.59 Å². The lowest BCUT2D eigenvalue weighted by Crippen LogP contribution is -2.33. The Morgan fingerprint density at radius 2 is 1.70 bits per heavy atom. The van der Waals surface area contributed by atoms with Crippen molar-refractivity contribution in [3.05, 3.63) is 88.1 Å². The first-order valence-electron chi connectivity index (χ1n) is 9.82. The summed E-state index contributed by atoms with van der Waals surface area (Å²) >= 11 is 1.67. The van der Waals surface area contributed by atoms with Crippen molar-refractivity contribution in [1.29, 1.82) is 0 Å². The molecule has 1 atom stereocenters. The Bertz CT molecular complexity index is 924. The Morgan fingerprint density at radius 3 is 2.37 bits per heavy atom. The zero-order valence-electron chi connectivity index (χ0n) is 16.9. The van der Waals surface area contributed by atoms with Gasteiger partial charge in [-0.25, -0.2) is 0 Å². The molecule has 2 aromatic carbocycles. The molecule has 1 N–H and O–H groups in total. The molecule has 1 amide bonds. The van der Waals surface area contributed by atoms with Crippen molar-refractivity contribution in [2.45, 2.75) is 25.3 Å². The minimum Gasteiger partial charge on any atom is -0.497 e. The normalized spacial score (nSPS) is 11.5. The highest BCUT2D eigenvalue weighted by molar-refractivity contribution is 7.09. The highest BCUT2D eigenvalue weighted by Crippen LogP contribution is 2.24. The lowest BCUT2D eigenvalue weighted by molar-refractivity contribution is -0.148. The second-order valence-electron chi connectivity index (χ2n) is 6.78. The third-order valence-electron chi connectivity index (χ3n) is 4.64. The molecule has 0 aliphatic carbocycles. The maximum Gasteiger partial charge on any atom is 0.306 e. The molecule has 0 spiro atoms. The first kappa shape index (κ1) is 21.6. The van der Waals surface area contributed by atoms with Crippen LogP contribution in [0.15, 0.2) is 72.1 Å². The molecule has 30 heavy (non-hydrogen) atoms. The summed E-state index contributed by atoms with van der Waals surface area (Å²) in [4.78, 5) is 25.7. The van der Waals surface area contributed by atoms with E-state index in [0.29, 0.717) is 12.8 Å². The number of ether oxygens (including phenoxy) is 2. The maximum atomic E-state index is 12.5. The minimum absolute atomic E-state index is 0.294. The molecule has 156 valence electrons. The SMILES string of the molecule is COc1ccc([C@H](NC(=O)COC(=O)CCCc2cccs2)c2ccccc2)cc1. The van der Waals surface area contributed by atoms with Crippen LogP contribution >= 0.6 is 11.3 Å². The second-order valence-corrected chi connectivity index (χ2v) is 7.81. The lowest BCUT2D eigenvalue weighted by atomic mass is 9.98. The lowest BCUT2D eigenvalue weighted by Gasteiger charge is -2.20. The van der Waals surface area contributed by atoms with Crippen molar-refractivity contribution < 1.29 is 19.1 Å². The molecule has 0 fully saturated rings. The van der Waals surface area contributed by atoms with Gasteiger partial charge in [0.2, 0.25) is 0 Å². The van der Waals surface area contributed by atoms with Crippen molar-refractivity contribution >= 4 is 23.2 Å². The number of methoxy groups -OCH3 is 1. The standard InChI is InChI=1S/C24H25NO4S/c1-28-20-14-12-19(13-15-20)24(18-7-3-2-4-8-18)25-22(26)17-29-23(27)11-5-9-21-10-6-16-30-21/h2-4,6-8,10,12-16,24H,5,9,11,17H2,1H3,(H,25,26)/t24-/m1/s1. The number of carbonyl (C=O) groups excluding carboxylic acids is 2. The predicted octanol–water partition coefficient (Wildman–Crippen LogP) is 4.53. The largest absolute Gasteiger partial charge is 0.497 e. The predicted molar refractivity (Wildman–Crippen MR) is 118 cm³/mol. The van der Waals surface area contributed by atoms with Gasteiger partial charge in [0.1, 0.15) is 5.75 Å². The number of benzene rings is 2. The van der Waals surface area contributed by atoms with Gasteiger partial charge in [-0.15, -0.1) is 11.3 Å². The molecule has 5 nitrogen and oxygen atoms in total. The quantitative estimate of drug-likeness (QED) is 0.487. The minimum atomic E-state index is -0.359. The number of rotatable bonds is 10. The van der Waals surface area contributed by atoms with Crippen LogP contribution in [0.1, 0.15) is 34.9 Å². The molecule has 0 saturated heterocycles. The number of amides is 1. The number of esters is 1. The fourth-order valence-electron chi connectivity index (χ4n) is 3.08. The summed E-state index contributed by atoms with van der Waals surface area (Å²) in [5.41, 5.74) is 1.86. The summed E-state index contributed by atoms with van der Waals surface area (Å²) in [5, 5.41) is 4.98. The van der Waals surface area contributed by atoms with Gasteiger partial charge in [0, 0.05) is 11.3 Å². The fraction of sp³-hybridized carbons (Fsp3) is 0.250. The van der Waals surface area contributed by atoms with Crippen molar-refractivity contribution in [1.82, 2.24) is 5.32 Å². The van der Waals surface area contributed by atoms with Crippen LogP contribution in [0, 0.1) is 0 Å². The van der Waals surface area contributed by atoms with Crippen LogP contribution in [0.25, 0.3) is 0 Å². The summed E-state index contributed by atoms with van der Waals surface area (Å²) in [7, 11) is 1.61. The van der Waals surface area contributed by atoms with E-state index in [9.17, 15) is 9.59 Å². The molecule has 0 radical (unpaired) electrons. The molecule has 0 unspecified atom stereocenters. The first-order chi connectivity index (χ1) is 14.7. The number of carbonyl (C=O) groups is 2. The van der Waals surface area contributed by atoms with Crippen LogP contribution in [0.5, 0.6) is 5.75 Å². The highest BCUT2D eigenvalue weighted by atomic mass is 32.1. The molecular formula is C24H25NO4S. The zero-order valence-corrected chi connectivity index (χ0v) is 17.7. The molecule has 1 heterocycles. The van der Waals surface area contributed by atoms with Crippen molar-refractivity contribution in [2.75, 3.05) is 13.7 Å². The molecule has 3 aromatic rings. The topological polar surface area (TPSA) is 64.6 Å². The second kappa shape index (κ2) is 11.2. The Kier molecular flexibility index (Phi) is 8.03. The van der Waals surface area contributed by atoms with E-state index in [1.54, 1.807) is 18.4 Å². The summed E-state index contributed by atoms with van der Waals surface area (Å²) in [5.74, 6) is 0.0436. The summed E-state index contributed by atoms with van der Waals surface area (Å²) in [6, 6.07) is 20.9. The van der Waals surface area contributed by atoms with Gasteiger partial charge in [-0.2, -0.15) is 0 Å². The van der Waals surface area contributed by atoms with Crippen LogP contribution in [0.2, 0.25) is 0 Å². The smallest absolute Gasteiger partial charge is 0.306 e. The van der Waals surface area contributed by atoms with Crippen LogP contribution in [0.4, 0.5) is 0 Å². The van der Waals surface area contributed by atoms with Crippen molar-refractivity contribution in [3.8, 4) is 5.75 Å². The monoisotopic (exact) mass is 423 g/mol. The van der Waals surface area contributed by atoms with Crippen LogP contribution in [-0.2, 0) is 20.7 Å². The third-order valence-corrected chi connectivity index (χ3v) is 5.57. The maximum absolute atomic E-state index is 12.5. The first-order valence-corrected chi connectivity index (χ1v) is 10.7. The Balaban J connectivity index is 1.54. The van der Waals surface area contributed by atoms with E-state index in [2.05, 4.69) is 5.32 Å². The third kappa shape index (κ3) is 6.46. The van der Waals surface area contributed by atoms with Crippen LogP contribution in [-0.4, -0.2) is 25.6 Å². The molecular weight excluding hydrogens is 398 g/mol. The highest BCUT2D eigenvalue weighted by Gasteiger charge is 2.18. The Morgan fingerprint density at radius 1 is 0.967 bits per heavy atom. The molecule has 6 heteroatoms. The van der Waals surface area contributed by atoms with Gasteiger partial charge in [0.05, 0.1) is 13.2 Å². The summed E-state index contributed by atoms with van der Waals surface area (Å²) in [6.45, 7) is -0.294. The number of nitrogens with one attached hydrogen (secondary N) is 1. The average molecular weight is 424 g/mol. The molecule has 0 aliphatic heterocycles. The van der Waals surface area contributed by atoms with E-state index >= 15 is 0 Å². The van der Waals surface area contributed by atoms with Crippen molar-refractivity contribution in [3.63, 3.8) is 0 Å². The van der Waals surface area contributed by atoms with E-state index in [1.807, 2.05) is 72.1 Å². The number of aryl methyl sites for hydroxylation is 1. The molecule has 0 saturated carbocycles.